The van der Waals surface area contributed by atoms with Crippen LogP contribution in [0.1, 0.15) is 51.0 Å². The van der Waals surface area contributed by atoms with Crippen LogP contribution >= 0.6 is 0 Å². The van der Waals surface area contributed by atoms with E-state index in [2.05, 4.69) is 5.32 Å². The maximum atomic E-state index is 13.6. The first-order valence-electron chi connectivity index (χ1n) is 12.9. The van der Waals surface area contributed by atoms with E-state index >= 15 is 0 Å². The first-order chi connectivity index (χ1) is 17.6. The number of hydrogen-bond donors (Lipinski definition) is 1. The molecule has 4 rings (SSSR count). The zero-order chi connectivity index (χ0) is 25.3. The molecule has 1 aliphatic rings. The molecule has 0 bridgehead atoms. The van der Waals surface area contributed by atoms with Gasteiger partial charge in [-0.3, -0.25) is 9.59 Å². The van der Waals surface area contributed by atoms with Crippen molar-refractivity contribution < 1.29 is 19.1 Å². The highest BCUT2D eigenvalue weighted by atomic mass is 16.5. The van der Waals surface area contributed by atoms with Gasteiger partial charge < -0.3 is 19.7 Å². The smallest absolute Gasteiger partial charge is 0.261 e. The minimum Gasteiger partial charge on any atom is -0.497 e. The lowest BCUT2D eigenvalue weighted by Gasteiger charge is -2.32. The van der Waals surface area contributed by atoms with E-state index in [0.29, 0.717) is 18.7 Å². The summed E-state index contributed by atoms with van der Waals surface area (Å²) >= 11 is 0. The Kier molecular flexibility index (Phi) is 8.82. The Hall–Kier alpha value is -3.54. The van der Waals surface area contributed by atoms with Gasteiger partial charge in [0.1, 0.15) is 17.5 Å². The summed E-state index contributed by atoms with van der Waals surface area (Å²) in [7, 11) is 1.62. The lowest BCUT2D eigenvalue weighted by Crippen LogP contribution is -2.52. The number of hydrogen-bond acceptors (Lipinski definition) is 4. The minimum atomic E-state index is -0.572. The zero-order valence-corrected chi connectivity index (χ0v) is 21.2. The average molecular weight is 489 g/mol. The van der Waals surface area contributed by atoms with Crippen molar-refractivity contribution in [2.75, 3.05) is 13.7 Å². The Bertz CT molecular complexity index is 1150. The van der Waals surface area contributed by atoms with Gasteiger partial charge in [0.25, 0.3) is 5.91 Å². The number of fused-ring (bicyclic) bond motifs is 1. The Morgan fingerprint density at radius 3 is 2.42 bits per heavy atom. The maximum absolute atomic E-state index is 13.6. The quantitative estimate of drug-likeness (QED) is 0.410. The highest BCUT2D eigenvalue weighted by Gasteiger charge is 2.30. The van der Waals surface area contributed by atoms with Crippen LogP contribution < -0.4 is 14.8 Å². The van der Waals surface area contributed by atoms with Gasteiger partial charge in [0.05, 0.1) is 7.11 Å². The van der Waals surface area contributed by atoms with E-state index in [4.69, 9.17) is 9.47 Å². The summed E-state index contributed by atoms with van der Waals surface area (Å²) in [5, 5.41) is 5.22. The van der Waals surface area contributed by atoms with Crippen LogP contribution in [-0.2, 0) is 16.1 Å². The van der Waals surface area contributed by atoms with Crippen LogP contribution in [0.15, 0.2) is 66.7 Å². The van der Waals surface area contributed by atoms with Gasteiger partial charge >= 0.3 is 0 Å². The maximum Gasteiger partial charge on any atom is 0.261 e. The van der Waals surface area contributed by atoms with E-state index in [9.17, 15) is 9.59 Å². The Labute approximate surface area is 213 Å². The fourth-order valence-corrected chi connectivity index (χ4v) is 4.94. The van der Waals surface area contributed by atoms with E-state index in [1.54, 1.807) is 12.0 Å². The molecular formula is C30H36N2O4. The molecule has 1 saturated carbocycles. The molecular weight excluding hydrogens is 452 g/mol. The number of ether oxygens (including phenoxy) is 2. The number of rotatable bonds is 10. The second kappa shape index (κ2) is 12.4. The second-order valence-corrected chi connectivity index (χ2v) is 9.40. The summed E-state index contributed by atoms with van der Waals surface area (Å²) in [5.41, 5.74) is 0.929. The molecule has 0 radical (unpaired) electrons. The first kappa shape index (κ1) is 25.5. The van der Waals surface area contributed by atoms with Gasteiger partial charge in [0.2, 0.25) is 5.91 Å². The predicted molar refractivity (Wildman–Crippen MR) is 142 cm³/mol. The van der Waals surface area contributed by atoms with E-state index in [1.165, 1.54) is 6.42 Å². The van der Waals surface area contributed by atoms with E-state index < -0.39 is 6.04 Å². The molecule has 0 unspecified atom stereocenters. The van der Waals surface area contributed by atoms with Crippen molar-refractivity contribution in [3.8, 4) is 11.5 Å². The lowest BCUT2D eigenvalue weighted by molar-refractivity contribution is -0.143. The molecule has 0 aromatic heterocycles. The summed E-state index contributed by atoms with van der Waals surface area (Å²) < 4.78 is 11.3. The van der Waals surface area contributed by atoms with Crippen LogP contribution in [0.4, 0.5) is 0 Å². The molecule has 0 spiro atoms. The van der Waals surface area contributed by atoms with Gasteiger partial charge in [-0.05, 0) is 48.4 Å². The summed E-state index contributed by atoms with van der Waals surface area (Å²) in [6, 6.07) is 20.9. The molecule has 1 atom stereocenters. The summed E-state index contributed by atoms with van der Waals surface area (Å²) in [6.07, 6.45) is 6.01. The van der Waals surface area contributed by atoms with Gasteiger partial charge in [0.15, 0.2) is 6.61 Å². The Morgan fingerprint density at radius 2 is 1.69 bits per heavy atom. The molecule has 6 nitrogen and oxygen atoms in total. The van der Waals surface area contributed by atoms with E-state index in [-0.39, 0.29) is 24.5 Å². The summed E-state index contributed by atoms with van der Waals surface area (Å²) in [6.45, 7) is 2.13. The Balaban J connectivity index is 1.53. The highest BCUT2D eigenvalue weighted by Crippen LogP contribution is 2.26. The molecule has 1 aliphatic carbocycles. The molecule has 0 aliphatic heterocycles. The van der Waals surface area contributed by atoms with Crippen molar-refractivity contribution in [2.45, 2.75) is 64.1 Å². The molecule has 190 valence electrons. The number of nitrogens with one attached hydrogen (secondary N) is 1. The third-order valence-electron chi connectivity index (χ3n) is 6.95. The predicted octanol–water partition coefficient (Wildman–Crippen LogP) is 5.48. The van der Waals surface area contributed by atoms with Gasteiger partial charge in [-0.15, -0.1) is 0 Å². The highest BCUT2D eigenvalue weighted by molar-refractivity contribution is 5.90. The standard InChI is InChI=1S/C30H36N2O4/c1-3-27(30(34)31-24-12-5-4-6-13-24)32(20-22-16-18-25(35-2)19-17-22)29(33)21-36-28-15-9-11-23-10-7-8-14-26(23)28/h7-11,14-19,24,27H,3-6,12-13,20-21H2,1-2H3,(H,31,34)/t27-/m0/s1. The normalized spacial score (nSPS) is 14.7. The number of methoxy groups -OCH3 is 1. The minimum absolute atomic E-state index is 0.0866. The fourth-order valence-electron chi connectivity index (χ4n) is 4.94. The van der Waals surface area contributed by atoms with E-state index in [1.807, 2.05) is 73.7 Å². The SMILES string of the molecule is CC[C@@H](C(=O)NC1CCCCC1)N(Cc1ccc(OC)cc1)C(=O)COc1cccc2ccccc12. The van der Waals surface area contributed by atoms with Crippen LogP contribution in [-0.4, -0.2) is 42.5 Å². The Morgan fingerprint density at radius 1 is 0.972 bits per heavy atom. The first-order valence-corrected chi connectivity index (χ1v) is 12.9. The summed E-state index contributed by atoms with van der Waals surface area (Å²) in [5.74, 6) is 1.10. The van der Waals surface area contributed by atoms with Crippen molar-refractivity contribution in [3.63, 3.8) is 0 Å². The van der Waals surface area contributed by atoms with Crippen LogP contribution in [0, 0.1) is 0 Å². The van der Waals surface area contributed by atoms with Gasteiger partial charge in [-0.1, -0.05) is 74.7 Å². The average Bonchev–Trinajstić information content (AvgIpc) is 2.92. The van der Waals surface area contributed by atoms with E-state index in [0.717, 1.165) is 47.8 Å². The van der Waals surface area contributed by atoms with Gasteiger partial charge in [-0.25, -0.2) is 0 Å². The number of carbonyl (C=O) groups is 2. The van der Waals surface area contributed by atoms with Crippen molar-refractivity contribution in [2.24, 2.45) is 0 Å². The van der Waals surface area contributed by atoms with Crippen molar-refractivity contribution in [3.05, 3.63) is 72.3 Å². The third-order valence-corrected chi connectivity index (χ3v) is 6.95. The number of benzene rings is 3. The van der Waals surface area contributed by atoms with Gasteiger partial charge in [0, 0.05) is 18.0 Å². The molecule has 6 heteroatoms. The number of nitrogens with zero attached hydrogens (tertiary/aromatic N) is 1. The molecule has 36 heavy (non-hydrogen) atoms. The molecule has 3 aromatic carbocycles. The van der Waals surface area contributed by atoms with Crippen LogP contribution in [0.3, 0.4) is 0 Å². The molecule has 0 heterocycles. The monoisotopic (exact) mass is 488 g/mol. The molecule has 1 N–H and O–H groups in total. The molecule has 3 aromatic rings. The zero-order valence-electron chi connectivity index (χ0n) is 21.2. The van der Waals surface area contributed by atoms with Crippen LogP contribution in [0.5, 0.6) is 11.5 Å². The largest absolute Gasteiger partial charge is 0.497 e. The van der Waals surface area contributed by atoms with Crippen molar-refractivity contribution in [1.82, 2.24) is 10.2 Å². The lowest BCUT2D eigenvalue weighted by atomic mass is 9.95. The summed E-state index contributed by atoms with van der Waals surface area (Å²) in [4.78, 5) is 28.6. The van der Waals surface area contributed by atoms with Crippen molar-refractivity contribution >= 4 is 22.6 Å². The molecule has 2 amide bonds. The van der Waals surface area contributed by atoms with Crippen LogP contribution in [0.25, 0.3) is 10.8 Å². The third kappa shape index (κ3) is 6.36. The fraction of sp³-hybridized carbons (Fsp3) is 0.400. The van der Waals surface area contributed by atoms with Crippen molar-refractivity contribution in [1.29, 1.82) is 0 Å². The van der Waals surface area contributed by atoms with Gasteiger partial charge in [-0.2, -0.15) is 0 Å². The number of amides is 2. The second-order valence-electron chi connectivity index (χ2n) is 9.40. The topological polar surface area (TPSA) is 67.9 Å². The molecule has 0 saturated heterocycles. The molecule has 1 fully saturated rings. The number of carbonyl (C=O) groups excluding carboxylic acids is 2. The van der Waals surface area contributed by atoms with Crippen LogP contribution in [0.2, 0.25) is 0 Å².